The number of nitrogens with zero attached hydrogens (tertiary/aromatic N) is 1. The molecule has 0 amide bonds. The summed E-state index contributed by atoms with van der Waals surface area (Å²) in [5.41, 5.74) is 0. The lowest BCUT2D eigenvalue weighted by Crippen LogP contribution is -2.40. The maximum Gasteiger partial charge on any atom is 0.245 e. The molecular formula is C11H15Cl2NO3S2. The third-order valence-corrected chi connectivity index (χ3v) is 6.88. The second-order valence-electron chi connectivity index (χ2n) is 4.57. The molecule has 0 saturated carbocycles. The highest BCUT2D eigenvalue weighted by Crippen LogP contribution is 2.37. The zero-order chi connectivity index (χ0) is 14.0. The summed E-state index contributed by atoms with van der Waals surface area (Å²) in [5, 5.41) is 8.97. The van der Waals surface area contributed by atoms with E-state index in [2.05, 4.69) is 0 Å². The summed E-state index contributed by atoms with van der Waals surface area (Å²) < 4.78 is 27.0. The molecule has 0 spiro atoms. The minimum atomic E-state index is -3.58. The van der Waals surface area contributed by atoms with Crippen molar-refractivity contribution in [1.82, 2.24) is 4.31 Å². The predicted octanol–water partition coefficient (Wildman–Crippen LogP) is 2.84. The Morgan fingerprint density at radius 2 is 2.21 bits per heavy atom. The number of sulfonamides is 1. The van der Waals surface area contributed by atoms with Gasteiger partial charge in [-0.1, -0.05) is 23.2 Å². The van der Waals surface area contributed by atoms with E-state index in [1.807, 2.05) is 0 Å². The van der Waals surface area contributed by atoms with Crippen LogP contribution in [0.2, 0.25) is 8.67 Å². The number of piperidine rings is 1. The van der Waals surface area contributed by atoms with E-state index in [9.17, 15) is 8.42 Å². The molecule has 2 rings (SSSR count). The number of hydrogen-bond donors (Lipinski definition) is 1. The van der Waals surface area contributed by atoms with Crippen molar-refractivity contribution in [3.63, 3.8) is 0 Å². The fraction of sp³-hybridized carbons (Fsp3) is 0.636. The van der Waals surface area contributed by atoms with Crippen molar-refractivity contribution in [1.29, 1.82) is 0 Å². The molecule has 4 nitrogen and oxygen atoms in total. The van der Waals surface area contributed by atoms with Crippen LogP contribution in [0.25, 0.3) is 0 Å². The summed E-state index contributed by atoms with van der Waals surface area (Å²) in [4.78, 5) is 0.0915. The van der Waals surface area contributed by atoms with Gasteiger partial charge in [-0.25, -0.2) is 8.42 Å². The lowest BCUT2D eigenvalue weighted by atomic mass is 9.97. The standard InChI is InChI=1S/C11H15Cl2NO3S2/c12-10-6-9(11(13)18-10)19(16,17)14-4-1-2-8(7-14)3-5-15/h6,8,15H,1-5,7H2. The molecule has 1 aliphatic rings. The molecule has 0 aliphatic carbocycles. The van der Waals surface area contributed by atoms with Gasteiger partial charge in [-0.15, -0.1) is 11.3 Å². The van der Waals surface area contributed by atoms with Crippen molar-refractivity contribution >= 4 is 44.6 Å². The van der Waals surface area contributed by atoms with Crippen molar-refractivity contribution in [3.05, 3.63) is 14.7 Å². The molecule has 1 N–H and O–H groups in total. The van der Waals surface area contributed by atoms with Crippen LogP contribution in [0.1, 0.15) is 19.3 Å². The third kappa shape index (κ3) is 3.43. The summed E-state index contributed by atoms with van der Waals surface area (Å²) in [5.74, 6) is 0.210. The van der Waals surface area contributed by atoms with Crippen LogP contribution in [0, 0.1) is 5.92 Å². The van der Waals surface area contributed by atoms with Crippen molar-refractivity contribution in [2.24, 2.45) is 5.92 Å². The first-order chi connectivity index (χ1) is 8.95. The Bertz CT molecular complexity index is 542. The fourth-order valence-electron chi connectivity index (χ4n) is 2.30. The third-order valence-electron chi connectivity index (χ3n) is 3.26. The molecule has 19 heavy (non-hydrogen) atoms. The van der Waals surface area contributed by atoms with E-state index in [1.165, 1.54) is 10.4 Å². The molecule has 108 valence electrons. The van der Waals surface area contributed by atoms with Gasteiger partial charge in [-0.05, 0) is 31.2 Å². The van der Waals surface area contributed by atoms with Gasteiger partial charge in [-0.3, -0.25) is 0 Å². The Balaban J connectivity index is 2.22. The molecule has 1 aliphatic heterocycles. The minimum Gasteiger partial charge on any atom is -0.396 e. The van der Waals surface area contributed by atoms with Crippen LogP contribution >= 0.6 is 34.5 Å². The summed E-state index contributed by atoms with van der Waals surface area (Å²) >= 11 is 12.8. The van der Waals surface area contributed by atoms with Gasteiger partial charge < -0.3 is 5.11 Å². The number of aliphatic hydroxyl groups is 1. The monoisotopic (exact) mass is 343 g/mol. The van der Waals surface area contributed by atoms with Gasteiger partial charge >= 0.3 is 0 Å². The van der Waals surface area contributed by atoms with Gasteiger partial charge in [0.2, 0.25) is 10.0 Å². The number of hydrogen-bond acceptors (Lipinski definition) is 4. The average Bonchev–Trinajstić information content (AvgIpc) is 2.70. The van der Waals surface area contributed by atoms with E-state index < -0.39 is 10.0 Å². The van der Waals surface area contributed by atoms with E-state index in [0.717, 1.165) is 24.2 Å². The molecule has 1 atom stereocenters. The zero-order valence-corrected chi connectivity index (χ0v) is 13.3. The van der Waals surface area contributed by atoms with Crippen LogP contribution in [0.15, 0.2) is 11.0 Å². The van der Waals surface area contributed by atoms with Crippen LogP contribution in [0.5, 0.6) is 0 Å². The van der Waals surface area contributed by atoms with Crippen LogP contribution in [0.3, 0.4) is 0 Å². The quantitative estimate of drug-likeness (QED) is 0.914. The molecule has 1 fully saturated rings. The predicted molar refractivity (Wildman–Crippen MR) is 77.5 cm³/mol. The molecule has 1 aromatic heterocycles. The Labute approximate surface area is 127 Å². The smallest absolute Gasteiger partial charge is 0.245 e. The topological polar surface area (TPSA) is 57.6 Å². The second kappa shape index (κ2) is 6.28. The van der Waals surface area contributed by atoms with Gasteiger partial charge in [0.05, 0.1) is 4.34 Å². The molecule has 2 heterocycles. The largest absolute Gasteiger partial charge is 0.396 e. The van der Waals surface area contributed by atoms with Crippen LogP contribution < -0.4 is 0 Å². The minimum absolute atomic E-state index is 0.0869. The maximum atomic E-state index is 12.5. The summed E-state index contributed by atoms with van der Waals surface area (Å²) in [6.45, 7) is 1.02. The Kier molecular flexibility index (Phi) is 5.14. The lowest BCUT2D eigenvalue weighted by molar-refractivity contribution is 0.203. The number of aliphatic hydroxyl groups excluding tert-OH is 1. The van der Waals surface area contributed by atoms with Gasteiger partial charge in [0.15, 0.2) is 0 Å². The number of thiophene rings is 1. The highest BCUT2D eigenvalue weighted by atomic mass is 35.5. The van der Waals surface area contributed by atoms with Crippen molar-refractivity contribution in [3.8, 4) is 0 Å². The second-order valence-corrected chi connectivity index (χ2v) is 8.76. The first kappa shape index (κ1) is 15.5. The van der Waals surface area contributed by atoms with Crippen LogP contribution in [-0.4, -0.2) is 37.5 Å². The van der Waals surface area contributed by atoms with Crippen molar-refractivity contribution in [2.75, 3.05) is 19.7 Å². The highest BCUT2D eigenvalue weighted by molar-refractivity contribution is 7.89. The van der Waals surface area contributed by atoms with E-state index in [-0.39, 0.29) is 21.8 Å². The highest BCUT2D eigenvalue weighted by Gasteiger charge is 2.32. The molecule has 1 saturated heterocycles. The molecule has 1 unspecified atom stereocenters. The van der Waals surface area contributed by atoms with Gasteiger partial charge in [0.1, 0.15) is 9.23 Å². The summed E-state index contributed by atoms with van der Waals surface area (Å²) in [6, 6.07) is 1.40. The first-order valence-corrected chi connectivity index (χ1v) is 9.02. The average molecular weight is 344 g/mol. The maximum absolute atomic E-state index is 12.5. The molecule has 0 aromatic carbocycles. The molecule has 8 heteroatoms. The molecule has 0 bridgehead atoms. The SMILES string of the molecule is O=S(=O)(c1cc(Cl)sc1Cl)N1CCCC(CCO)C1. The Morgan fingerprint density at radius 1 is 1.47 bits per heavy atom. The van der Waals surface area contributed by atoms with E-state index >= 15 is 0 Å². The van der Waals surface area contributed by atoms with Crippen molar-refractivity contribution in [2.45, 2.75) is 24.2 Å². The Hall–Kier alpha value is 0.150. The number of halogens is 2. The lowest BCUT2D eigenvalue weighted by Gasteiger charge is -2.31. The van der Waals surface area contributed by atoms with E-state index in [1.54, 1.807) is 0 Å². The molecular weight excluding hydrogens is 329 g/mol. The first-order valence-electron chi connectivity index (χ1n) is 6.01. The fourth-order valence-corrected chi connectivity index (χ4v) is 5.97. The number of rotatable bonds is 4. The zero-order valence-electron chi connectivity index (χ0n) is 10.2. The van der Waals surface area contributed by atoms with Gasteiger partial charge in [-0.2, -0.15) is 4.31 Å². The van der Waals surface area contributed by atoms with E-state index in [0.29, 0.717) is 23.8 Å². The van der Waals surface area contributed by atoms with E-state index in [4.69, 9.17) is 28.3 Å². The molecule has 0 radical (unpaired) electrons. The van der Waals surface area contributed by atoms with Crippen LogP contribution in [-0.2, 0) is 10.0 Å². The summed E-state index contributed by atoms with van der Waals surface area (Å²) in [6.07, 6.45) is 2.38. The normalized spacial score (nSPS) is 21.7. The molecule has 1 aromatic rings. The van der Waals surface area contributed by atoms with Gasteiger partial charge in [0, 0.05) is 19.7 Å². The Morgan fingerprint density at radius 3 is 2.79 bits per heavy atom. The van der Waals surface area contributed by atoms with Gasteiger partial charge in [0.25, 0.3) is 0 Å². The summed E-state index contributed by atoms with van der Waals surface area (Å²) in [7, 11) is -3.58. The van der Waals surface area contributed by atoms with Crippen molar-refractivity contribution < 1.29 is 13.5 Å². The van der Waals surface area contributed by atoms with Crippen LogP contribution in [0.4, 0.5) is 0 Å².